The van der Waals surface area contributed by atoms with Crippen LogP contribution in [0.2, 0.25) is 0 Å². The van der Waals surface area contributed by atoms with E-state index in [1.165, 1.54) is 0 Å². The molecule has 0 amide bonds. The molecule has 0 bridgehead atoms. The van der Waals surface area contributed by atoms with Gasteiger partial charge in [0.25, 0.3) is 0 Å². The number of hydrogen-bond acceptors (Lipinski definition) is 1. The van der Waals surface area contributed by atoms with Crippen LogP contribution in [0.1, 0.15) is 5.69 Å². The Morgan fingerprint density at radius 1 is 1.05 bits per heavy atom. The van der Waals surface area contributed by atoms with Crippen molar-refractivity contribution in [2.45, 2.75) is 6.18 Å². The van der Waals surface area contributed by atoms with Crippen molar-refractivity contribution >= 4 is 15.9 Å². The second-order valence-corrected chi connectivity index (χ2v) is 4.33. The molecule has 102 valence electrons. The summed E-state index contributed by atoms with van der Waals surface area (Å²) in [4.78, 5) is 0. The Labute approximate surface area is 110 Å². The minimum atomic E-state index is -4.79. The number of aromatic nitrogens is 2. The first-order chi connectivity index (χ1) is 8.71. The third kappa shape index (κ3) is 2.46. The first-order valence-corrected chi connectivity index (χ1v) is 5.46. The normalized spacial score (nSPS) is 11.9. The topological polar surface area (TPSA) is 17.8 Å². The predicted molar refractivity (Wildman–Crippen MR) is 56.1 cm³/mol. The van der Waals surface area contributed by atoms with Gasteiger partial charge in [-0.3, -0.25) is 0 Å². The predicted octanol–water partition coefficient (Wildman–Crippen LogP) is 4.07. The summed E-state index contributed by atoms with van der Waals surface area (Å²) in [5, 5.41) is 3.36. The molecular formula is C10H3BrF6N2. The molecule has 2 aromatic rings. The molecule has 0 saturated heterocycles. The Bertz CT molecular complexity index is 610. The molecule has 0 aliphatic rings. The number of nitrogens with zero attached hydrogens (tertiary/aromatic N) is 2. The molecule has 0 aliphatic carbocycles. The van der Waals surface area contributed by atoms with Gasteiger partial charge >= 0.3 is 6.18 Å². The Balaban J connectivity index is 2.67. The molecule has 0 radical (unpaired) electrons. The number of halogens is 7. The summed E-state index contributed by atoms with van der Waals surface area (Å²) in [6, 6.07) is 0.847. The lowest BCUT2D eigenvalue weighted by Gasteiger charge is -2.11. The molecule has 9 heteroatoms. The van der Waals surface area contributed by atoms with Gasteiger partial charge < -0.3 is 0 Å². The van der Waals surface area contributed by atoms with Crippen LogP contribution in [0.4, 0.5) is 26.3 Å². The monoisotopic (exact) mass is 344 g/mol. The highest BCUT2D eigenvalue weighted by Crippen LogP contribution is 2.36. The average molecular weight is 345 g/mol. The number of hydrogen-bond donors (Lipinski definition) is 0. The molecule has 0 unspecified atom stereocenters. The van der Waals surface area contributed by atoms with Crippen molar-refractivity contribution in [3.8, 4) is 5.69 Å². The van der Waals surface area contributed by atoms with Crippen LogP contribution in [0.5, 0.6) is 0 Å². The second-order valence-electron chi connectivity index (χ2n) is 3.47. The van der Waals surface area contributed by atoms with Gasteiger partial charge in [-0.05, 0) is 15.9 Å². The lowest BCUT2D eigenvalue weighted by molar-refractivity contribution is -0.143. The van der Waals surface area contributed by atoms with E-state index in [9.17, 15) is 26.3 Å². The molecule has 19 heavy (non-hydrogen) atoms. The Morgan fingerprint density at radius 3 is 2.05 bits per heavy atom. The SMILES string of the molecule is Fc1cc(-n2ncc(Br)c2C(F)(F)F)cc(F)c1F. The fraction of sp³-hybridized carbons (Fsp3) is 0.100. The van der Waals surface area contributed by atoms with E-state index in [-0.39, 0.29) is 4.68 Å². The van der Waals surface area contributed by atoms with Gasteiger partial charge in [0.2, 0.25) is 0 Å². The van der Waals surface area contributed by atoms with Crippen molar-refractivity contribution in [1.29, 1.82) is 0 Å². The second kappa shape index (κ2) is 4.55. The molecular weight excluding hydrogens is 342 g/mol. The van der Waals surface area contributed by atoms with Gasteiger partial charge in [-0.2, -0.15) is 18.3 Å². The van der Waals surface area contributed by atoms with E-state index in [1.807, 2.05) is 0 Å². The summed E-state index contributed by atoms with van der Waals surface area (Å²) in [7, 11) is 0. The molecule has 1 aromatic heterocycles. The van der Waals surface area contributed by atoms with Crippen LogP contribution in [0.3, 0.4) is 0 Å². The molecule has 2 rings (SSSR count). The molecule has 1 aromatic carbocycles. The van der Waals surface area contributed by atoms with Crippen LogP contribution in [-0.4, -0.2) is 9.78 Å². The van der Waals surface area contributed by atoms with E-state index >= 15 is 0 Å². The summed E-state index contributed by atoms with van der Waals surface area (Å²) >= 11 is 2.64. The van der Waals surface area contributed by atoms with E-state index in [2.05, 4.69) is 21.0 Å². The van der Waals surface area contributed by atoms with Crippen LogP contribution in [0.25, 0.3) is 5.69 Å². The van der Waals surface area contributed by atoms with Gasteiger partial charge in [-0.1, -0.05) is 0 Å². The zero-order chi connectivity index (χ0) is 14.4. The lowest BCUT2D eigenvalue weighted by atomic mass is 10.2. The lowest BCUT2D eigenvalue weighted by Crippen LogP contribution is -2.14. The quantitative estimate of drug-likeness (QED) is 0.563. The third-order valence-electron chi connectivity index (χ3n) is 2.21. The maximum Gasteiger partial charge on any atom is 0.434 e. The van der Waals surface area contributed by atoms with E-state index < -0.39 is 39.5 Å². The zero-order valence-corrected chi connectivity index (χ0v) is 10.4. The highest BCUT2D eigenvalue weighted by atomic mass is 79.9. The number of alkyl halides is 3. The largest absolute Gasteiger partial charge is 0.434 e. The third-order valence-corrected chi connectivity index (χ3v) is 2.79. The Kier molecular flexibility index (Phi) is 3.33. The Hall–Kier alpha value is -1.51. The van der Waals surface area contributed by atoms with Crippen molar-refractivity contribution in [2.24, 2.45) is 0 Å². The first-order valence-electron chi connectivity index (χ1n) is 4.67. The van der Waals surface area contributed by atoms with Crippen LogP contribution < -0.4 is 0 Å². The fourth-order valence-electron chi connectivity index (χ4n) is 1.44. The summed E-state index contributed by atoms with van der Waals surface area (Å²) in [6.07, 6.45) is -3.97. The number of rotatable bonds is 1. The zero-order valence-electron chi connectivity index (χ0n) is 8.77. The highest BCUT2D eigenvalue weighted by Gasteiger charge is 2.38. The summed E-state index contributed by atoms with van der Waals surface area (Å²) in [5.74, 6) is -4.96. The van der Waals surface area contributed by atoms with Crippen molar-refractivity contribution in [3.05, 3.63) is 45.9 Å². The van der Waals surface area contributed by atoms with Crippen LogP contribution in [0, 0.1) is 17.5 Å². The summed E-state index contributed by atoms with van der Waals surface area (Å²) in [6.45, 7) is 0. The van der Waals surface area contributed by atoms with Crippen molar-refractivity contribution in [1.82, 2.24) is 9.78 Å². The molecule has 0 atom stereocenters. The summed E-state index contributed by atoms with van der Waals surface area (Å²) < 4.78 is 76.9. The van der Waals surface area contributed by atoms with Crippen LogP contribution >= 0.6 is 15.9 Å². The van der Waals surface area contributed by atoms with Crippen molar-refractivity contribution < 1.29 is 26.3 Å². The van der Waals surface area contributed by atoms with Gasteiger partial charge in [0, 0.05) is 12.1 Å². The van der Waals surface area contributed by atoms with E-state index in [0.717, 1.165) is 6.20 Å². The molecule has 0 N–H and O–H groups in total. The van der Waals surface area contributed by atoms with Crippen molar-refractivity contribution in [2.75, 3.05) is 0 Å². The van der Waals surface area contributed by atoms with Gasteiger partial charge in [0.1, 0.15) is 0 Å². The molecule has 0 aliphatic heterocycles. The van der Waals surface area contributed by atoms with Gasteiger partial charge in [0.05, 0.1) is 16.4 Å². The molecule has 0 saturated carbocycles. The first kappa shape index (κ1) is 13.9. The minimum Gasteiger partial charge on any atom is -0.227 e. The molecule has 1 heterocycles. The number of benzene rings is 1. The minimum absolute atomic E-state index is 0.273. The summed E-state index contributed by atoms with van der Waals surface area (Å²) in [5.41, 5.74) is -1.83. The van der Waals surface area contributed by atoms with E-state index in [0.29, 0.717) is 12.1 Å². The van der Waals surface area contributed by atoms with Crippen LogP contribution in [-0.2, 0) is 6.18 Å². The van der Waals surface area contributed by atoms with Gasteiger partial charge in [-0.25, -0.2) is 17.9 Å². The maximum absolute atomic E-state index is 13.0. The van der Waals surface area contributed by atoms with Crippen molar-refractivity contribution in [3.63, 3.8) is 0 Å². The standard InChI is InChI=1S/C10H3BrF6N2/c11-5-3-18-19(9(5)10(15,16)17)4-1-6(12)8(14)7(13)2-4/h1-3H. The molecule has 2 nitrogen and oxygen atoms in total. The average Bonchev–Trinajstić information content (AvgIpc) is 2.67. The van der Waals surface area contributed by atoms with E-state index in [4.69, 9.17) is 0 Å². The van der Waals surface area contributed by atoms with Gasteiger partial charge in [-0.15, -0.1) is 0 Å². The smallest absolute Gasteiger partial charge is 0.227 e. The molecule has 0 fully saturated rings. The fourth-order valence-corrected chi connectivity index (χ4v) is 1.93. The Morgan fingerprint density at radius 2 is 1.58 bits per heavy atom. The maximum atomic E-state index is 13.0. The van der Waals surface area contributed by atoms with Gasteiger partial charge in [0.15, 0.2) is 23.1 Å². The highest BCUT2D eigenvalue weighted by molar-refractivity contribution is 9.10. The van der Waals surface area contributed by atoms with E-state index in [1.54, 1.807) is 0 Å². The molecule has 0 spiro atoms. The van der Waals surface area contributed by atoms with Crippen LogP contribution in [0.15, 0.2) is 22.8 Å².